The molecule has 2 aromatic rings. The second-order valence-electron chi connectivity index (χ2n) is 5.87. The molecule has 0 radical (unpaired) electrons. The van der Waals surface area contributed by atoms with E-state index < -0.39 is 29.9 Å². The number of benzene rings is 1. The van der Waals surface area contributed by atoms with Gasteiger partial charge in [0.05, 0.1) is 6.61 Å². The summed E-state index contributed by atoms with van der Waals surface area (Å²) in [5.41, 5.74) is -3.32. The maximum Gasteiger partial charge on any atom is 0.421 e. The molecule has 2 rings (SSSR count). The van der Waals surface area contributed by atoms with Crippen molar-refractivity contribution in [3.63, 3.8) is 0 Å². The number of unbranched alkanes of at least 4 members (excludes halogenated alkanes) is 1. The molecule has 0 saturated heterocycles. The molecule has 1 aromatic carbocycles. The minimum Gasteiger partial charge on any atom is -0.450 e. The molecular weight excluding hydrogens is 373 g/mol. The largest absolute Gasteiger partial charge is 0.450 e. The predicted octanol–water partition coefficient (Wildman–Crippen LogP) is 5.33. The van der Waals surface area contributed by atoms with Crippen LogP contribution in [0.2, 0.25) is 5.02 Å². The van der Waals surface area contributed by atoms with E-state index in [1.54, 1.807) is 13.8 Å². The van der Waals surface area contributed by atoms with Crippen molar-refractivity contribution in [1.82, 2.24) is 4.98 Å². The van der Waals surface area contributed by atoms with E-state index >= 15 is 0 Å². The highest BCUT2D eigenvalue weighted by Crippen LogP contribution is 2.48. The lowest BCUT2D eigenvalue weighted by molar-refractivity contribution is -0.268. The molecule has 144 valence electrons. The average Bonchev–Trinajstić information content (AvgIpc) is 2.88. The number of amides is 1. The molecule has 0 saturated carbocycles. The van der Waals surface area contributed by atoms with E-state index in [4.69, 9.17) is 16.3 Å². The van der Waals surface area contributed by atoms with Crippen LogP contribution >= 0.6 is 11.6 Å². The molecule has 1 unspecified atom stereocenters. The van der Waals surface area contributed by atoms with Crippen LogP contribution in [0.15, 0.2) is 18.2 Å². The zero-order valence-corrected chi connectivity index (χ0v) is 15.1. The van der Waals surface area contributed by atoms with Gasteiger partial charge in [-0.15, -0.1) is 0 Å². The number of hydrogen-bond donors (Lipinski definition) is 3. The third-order valence-corrected chi connectivity index (χ3v) is 4.27. The van der Waals surface area contributed by atoms with Crippen molar-refractivity contribution in [3.05, 3.63) is 28.8 Å². The van der Waals surface area contributed by atoms with Crippen LogP contribution in [0.1, 0.15) is 38.7 Å². The van der Waals surface area contributed by atoms with Crippen molar-refractivity contribution in [2.24, 2.45) is 0 Å². The number of carbonyl (C=O) groups excluding carboxylic acids is 1. The Morgan fingerprint density at radius 2 is 2.04 bits per heavy atom. The van der Waals surface area contributed by atoms with Gasteiger partial charge in [0.15, 0.2) is 5.60 Å². The monoisotopic (exact) mass is 392 g/mol. The number of alkyl halides is 3. The fourth-order valence-electron chi connectivity index (χ4n) is 2.80. The van der Waals surface area contributed by atoms with E-state index in [1.807, 2.05) is 0 Å². The lowest BCUT2D eigenvalue weighted by atomic mass is 9.86. The van der Waals surface area contributed by atoms with Crippen molar-refractivity contribution < 1.29 is 27.8 Å². The molecule has 9 heteroatoms. The van der Waals surface area contributed by atoms with Crippen LogP contribution in [0, 0.1) is 0 Å². The first-order valence-corrected chi connectivity index (χ1v) is 8.56. The number of aromatic nitrogens is 1. The number of hydrogen-bond acceptors (Lipinski definition) is 3. The Bertz CT molecular complexity index is 791. The first-order valence-electron chi connectivity index (χ1n) is 8.18. The maximum atomic E-state index is 13.8. The van der Waals surface area contributed by atoms with Gasteiger partial charge < -0.3 is 14.8 Å². The number of carbonyl (C=O) groups is 1. The second-order valence-corrected chi connectivity index (χ2v) is 6.31. The molecule has 0 aliphatic rings. The van der Waals surface area contributed by atoms with Gasteiger partial charge >= 0.3 is 12.3 Å². The Kier molecular flexibility index (Phi) is 6.08. The Morgan fingerprint density at radius 1 is 1.35 bits per heavy atom. The molecule has 0 aliphatic carbocycles. The topological polar surface area (TPSA) is 74.3 Å². The fraction of sp³-hybridized carbons (Fsp3) is 0.471. The first-order chi connectivity index (χ1) is 12.1. The minimum absolute atomic E-state index is 0.0482. The molecule has 3 N–H and O–H groups in total. The Morgan fingerprint density at radius 3 is 2.62 bits per heavy atom. The number of fused-ring (bicyclic) bond motifs is 1. The number of ether oxygens (including phenoxy) is 1. The molecule has 0 aliphatic heterocycles. The summed E-state index contributed by atoms with van der Waals surface area (Å²) in [4.78, 5) is 14.4. The van der Waals surface area contributed by atoms with Crippen LogP contribution in [0.5, 0.6) is 0 Å². The summed E-state index contributed by atoms with van der Waals surface area (Å²) in [5, 5.41) is 13.3. The van der Waals surface area contributed by atoms with Crippen molar-refractivity contribution in [3.8, 4) is 0 Å². The summed E-state index contributed by atoms with van der Waals surface area (Å²) in [6.07, 6.45) is -5.80. The number of anilines is 1. The van der Waals surface area contributed by atoms with Crippen molar-refractivity contribution >= 4 is 34.4 Å². The second kappa shape index (κ2) is 7.75. The van der Waals surface area contributed by atoms with Crippen molar-refractivity contribution in [1.29, 1.82) is 0 Å². The SMILES string of the molecule is CCCCC(O)(c1c(NC(=O)OCC)[nH]c2cc(Cl)ccc12)C(F)(F)F. The highest BCUT2D eigenvalue weighted by atomic mass is 35.5. The summed E-state index contributed by atoms with van der Waals surface area (Å²) in [5.74, 6) is -0.267. The van der Waals surface area contributed by atoms with Crippen LogP contribution in [0.3, 0.4) is 0 Å². The van der Waals surface area contributed by atoms with Crippen LogP contribution in [0.4, 0.5) is 23.8 Å². The quantitative estimate of drug-likeness (QED) is 0.622. The van der Waals surface area contributed by atoms with E-state index in [9.17, 15) is 23.1 Å². The van der Waals surface area contributed by atoms with Crippen LogP contribution in [0.25, 0.3) is 10.9 Å². The summed E-state index contributed by atoms with van der Waals surface area (Å²) < 4.78 is 46.2. The molecule has 0 bridgehead atoms. The molecule has 26 heavy (non-hydrogen) atoms. The predicted molar refractivity (Wildman–Crippen MR) is 93.4 cm³/mol. The van der Waals surface area contributed by atoms with Crippen molar-refractivity contribution in [2.75, 3.05) is 11.9 Å². The standard InChI is InChI=1S/C17H20ClF3N2O3/c1-3-5-8-16(25,17(19,20)21)13-11-7-6-10(18)9-12(11)22-14(13)23-15(24)26-4-2/h6-7,9,22,25H,3-5,8H2,1-2H3,(H,23,24). The third-order valence-electron chi connectivity index (χ3n) is 4.04. The molecule has 5 nitrogen and oxygen atoms in total. The smallest absolute Gasteiger partial charge is 0.421 e. The summed E-state index contributed by atoms with van der Waals surface area (Å²) >= 11 is 5.91. The van der Waals surface area contributed by atoms with E-state index in [1.165, 1.54) is 18.2 Å². The minimum atomic E-state index is -4.94. The number of aromatic amines is 1. The molecule has 1 atom stereocenters. The summed E-state index contributed by atoms with van der Waals surface area (Å²) in [6.45, 7) is 3.34. The molecule has 1 amide bonds. The number of H-pyrrole nitrogens is 1. The van der Waals surface area contributed by atoms with Crippen LogP contribution in [-0.2, 0) is 10.3 Å². The van der Waals surface area contributed by atoms with E-state index in [0.717, 1.165) is 0 Å². The van der Waals surface area contributed by atoms with Gasteiger partial charge in [-0.3, -0.25) is 5.32 Å². The lowest BCUT2D eigenvalue weighted by Crippen LogP contribution is -2.42. The number of nitrogens with one attached hydrogen (secondary N) is 2. The normalized spacial score (nSPS) is 14.3. The molecule has 1 heterocycles. The van der Waals surface area contributed by atoms with Gasteiger partial charge in [0.25, 0.3) is 0 Å². The van der Waals surface area contributed by atoms with E-state index in [2.05, 4.69) is 10.3 Å². The van der Waals surface area contributed by atoms with Crippen molar-refractivity contribution in [2.45, 2.75) is 44.9 Å². The molecule has 1 aromatic heterocycles. The summed E-state index contributed by atoms with van der Waals surface area (Å²) in [6, 6.07) is 4.22. The van der Waals surface area contributed by atoms with Crippen LogP contribution < -0.4 is 5.32 Å². The van der Waals surface area contributed by atoms with Gasteiger partial charge in [-0.1, -0.05) is 37.4 Å². The first kappa shape index (κ1) is 20.4. The molecule has 0 fully saturated rings. The molecular formula is C17H20ClF3N2O3. The number of rotatable bonds is 6. The number of halogens is 4. The van der Waals surface area contributed by atoms with Gasteiger partial charge in [-0.25, -0.2) is 4.79 Å². The summed E-state index contributed by atoms with van der Waals surface area (Å²) in [7, 11) is 0. The Balaban J connectivity index is 2.69. The number of aliphatic hydroxyl groups is 1. The zero-order chi connectivity index (χ0) is 19.5. The highest BCUT2D eigenvalue weighted by Gasteiger charge is 2.56. The van der Waals surface area contributed by atoms with Crippen LogP contribution in [-0.4, -0.2) is 29.0 Å². The third kappa shape index (κ3) is 3.91. The lowest BCUT2D eigenvalue weighted by Gasteiger charge is -2.31. The Labute approximate surface area is 153 Å². The van der Waals surface area contributed by atoms with Gasteiger partial charge in [0, 0.05) is 21.5 Å². The van der Waals surface area contributed by atoms with E-state index in [-0.39, 0.29) is 29.7 Å². The van der Waals surface area contributed by atoms with Gasteiger partial charge in [0.1, 0.15) is 5.82 Å². The molecule has 0 spiro atoms. The average molecular weight is 393 g/mol. The fourth-order valence-corrected chi connectivity index (χ4v) is 2.98. The Hall–Kier alpha value is -1.93. The maximum absolute atomic E-state index is 13.8. The zero-order valence-electron chi connectivity index (χ0n) is 14.3. The van der Waals surface area contributed by atoms with Gasteiger partial charge in [0.2, 0.25) is 0 Å². The van der Waals surface area contributed by atoms with Gasteiger partial charge in [-0.2, -0.15) is 13.2 Å². The van der Waals surface area contributed by atoms with Gasteiger partial charge in [-0.05, 0) is 25.5 Å². The van der Waals surface area contributed by atoms with E-state index in [0.29, 0.717) is 11.4 Å². The highest BCUT2D eigenvalue weighted by molar-refractivity contribution is 6.31.